The Morgan fingerprint density at radius 1 is 0.848 bits per heavy atom. The van der Waals surface area contributed by atoms with Crippen molar-refractivity contribution in [1.82, 2.24) is 15.2 Å². The number of aromatic nitrogens is 3. The van der Waals surface area contributed by atoms with Crippen LogP contribution in [0.15, 0.2) is 89.5 Å². The Kier molecular flexibility index (Phi) is 5.14. The number of fused-ring (bicyclic) bond motifs is 1. The summed E-state index contributed by atoms with van der Waals surface area (Å²) in [5.41, 5.74) is 0.878. The fraction of sp³-hybridized carbons (Fsp3) is 0.0417. The molecule has 0 unspecified atom stereocenters. The predicted octanol–water partition coefficient (Wildman–Crippen LogP) is 6.84. The fourth-order valence-electron chi connectivity index (χ4n) is 3.24. The van der Waals surface area contributed by atoms with Crippen LogP contribution in [0.5, 0.6) is 11.5 Å². The highest BCUT2D eigenvalue weighted by atomic mass is 19.4. The summed E-state index contributed by atoms with van der Waals surface area (Å²) in [4.78, 5) is 4.32. The number of hydrogen-bond donors (Lipinski definition) is 1. The van der Waals surface area contributed by atoms with E-state index in [-0.39, 0.29) is 17.6 Å². The molecule has 9 heteroatoms. The molecule has 2 aromatic heterocycles. The van der Waals surface area contributed by atoms with Gasteiger partial charge >= 0.3 is 12.2 Å². The van der Waals surface area contributed by atoms with E-state index < -0.39 is 11.7 Å². The molecule has 6 nitrogen and oxygen atoms in total. The summed E-state index contributed by atoms with van der Waals surface area (Å²) in [5, 5.41) is 11.4. The van der Waals surface area contributed by atoms with Crippen molar-refractivity contribution < 1.29 is 22.3 Å². The zero-order valence-corrected chi connectivity index (χ0v) is 16.9. The Bertz CT molecular complexity index is 1410. The first-order chi connectivity index (χ1) is 16.0. The van der Waals surface area contributed by atoms with Crippen molar-refractivity contribution in [3.63, 3.8) is 0 Å². The largest absolute Gasteiger partial charge is 0.457 e. The van der Waals surface area contributed by atoms with Crippen LogP contribution >= 0.6 is 0 Å². The Morgan fingerprint density at radius 2 is 1.67 bits per heavy atom. The predicted molar refractivity (Wildman–Crippen MR) is 116 cm³/mol. The molecule has 0 amide bonds. The molecule has 0 aliphatic carbocycles. The van der Waals surface area contributed by atoms with Crippen molar-refractivity contribution in [3.05, 3.63) is 90.6 Å². The van der Waals surface area contributed by atoms with E-state index in [2.05, 4.69) is 20.5 Å². The molecule has 0 bridgehead atoms. The molecule has 33 heavy (non-hydrogen) atoms. The minimum Gasteiger partial charge on any atom is -0.457 e. The second kappa shape index (κ2) is 8.27. The van der Waals surface area contributed by atoms with Gasteiger partial charge in [0, 0.05) is 22.8 Å². The number of halogens is 3. The van der Waals surface area contributed by atoms with Gasteiger partial charge in [0.05, 0.1) is 11.1 Å². The van der Waals surface area contributed by atoms with Crippen molar-refractivity contribution in [3.8, 4) is 23.0 Å². The number of anilines is 2. The van der Waals surface area contributed by atoms with Gasteiger partial charge in [-0.05, 0) is 60.7 Å². The summed E-state index contributed by atoms with van der Waals surface area (Å²) in [6, 6.07) is 21.2. The van der Waals surface area contributed by atoms with Crippen LogP contribution in [0, 0.1) is 0 Å². The molecule has 0 spiro atoms. The van der Waals surface area contributed by atoms with E-state index in [1.54, 1.807) is 36.5 Å². The van der Waals surface area contributed by atoms with E-state index >= 15 is 0 Å². The third kappa shape index (κ3) is 4.47. The molecule has 0 aliphatic heterocycles. The molecular formula is C24H15F3N4O2. The van der Waals surface area contributed by atoms with Crippen LogP contribution < -0.4 is 10.1 Å². The summed E-state index contributed by atoms with van der Waals surface area (Å²) in [6.45, 7) is 0. The highest BCUT2D eigenvalue weighted by Crippen LogP contribution is 2.32. The average Bonchev–Trinajstić information content (AvgIpc) is 3.28. The minimum absolute atomic E-state index is 0.0205. The molecule has 1 N–H and O–H groups in total. The summed E-state index contributed by atoms with van der Waals surface area (Å²) < 4.78 is 50.2. The van der Waals surface area contributed by atoms with Crippen molar-refractivity contribution in [2.75, 3.05) is 5.32 Å². The van der Waals surface area contributed by atoms with E-state index in [0.29, 0.717) is 17.1 Å². The lowest BCUT2D eigenvalue weighted by Gasteiger charge is -2.09. The molecule has 0 radical (unpaired) electrons. The van der Waals surface area contributed by atoms with Gasteiger partial charge in [-0.15, -0.1) is 5.10 Å². The van der Waals surface area contributed by atoms with Crippen LogP contribution in [-0.4, -0.2) is 15.2 Å². The maximum absolute atomic E-state index is 12.9. The minimum atomic E-state index is -4.44. The smallest absolute Gasteiger partial charge is 0.416 e. The van der Waals surface area contributed by atoms with Crippen LogP contribution in [0.3, 0.4) is 0 Å². The number of benzene rings is 3. The zero-order chi connectivity index (χ0) is 22.8. The Balaban J connectivity index is 1.31. The van der Waals surface area contributed by atoms with Crippen molar-refractivity contribution in [2.45, 2.75) is 6.18 Å². The lowest BCUT2D eigenvalue weighted by Crippen LogP contribution is -2.05. The Hall–Kier alpha value is -4.40. The third-order valence-electron chi connectivity index (χ3n) is 4.80. The molecule has 0 aliphatic rings. The van der Waals surface area contributed by atoms with Gasteiger partial charge in [0.2, 0.25) is 5.89 Å². The summed E-state index contributed by atoms with van der Waals surface area (Å²) in [5.74, 6) is 1.50. The molecule has 0 atom stereocenters. The van der Waals surface area contributed by atoms with E-state index in [1.807, 2.05) is 24.3 Å². The third-order valence-corrected chi connectivity index (χ3v) is 4.80. The molecule has 5 rings (SSSR count). The second-order valence-corrected chi connectivity index (χ2v) is 7.07. The van der Waals surface area contributed by atoms with E-state index in [1.165, 1.54) is 12.1 Å². The van der Waals surface area contributed by atoms with Crippen LogP contribution in [0.2, 0.25) is 0 Å². The number of para-hydroxylation sites is 1. The second-order valence-electron chi connectivity index (χ2n) is 7.07. The Morgan fingerprint density at radius 3 is 2.48 bits per heavy atom. The standard InChI is InChI=1S/C24H15F3N4O2/c25-24(26,27)16-4-3-5-17(14-16)29-23-31-30-22(33-23)15-8-10-18(11-9-15)32-21-12-13-28-20-7-2-1-6-19(20)21/h1-14H,(H,29,31). The van der Waals surface area contributed by atoms with Crippen molar-refractivity contribution >= 4 is 22.6 Å². The van der Waals surface area contributed by atoms with Gasteiger partial charge in [-0.25, -0.2) is 0 Å². The van der Waals surface area contributed by atoms with Gasteiger partial charge in [0.1, 0.15) is 11.5 Å². The molecule has 0 saturated carbocycles. The van der Waals surface area contributed by atoms with Crippen LogP contribution in [0.1, 0.15) is 5.56 Å². The first-order valence-electron chi connectivity index (χ1n) is 9.85. The van der Waals surface area contributed by atoms with E-state index in [4.69, 9.17) is 9.15 Å². The molecule has 3 aromatic carbocycles. The molecule has 0 saturated heterocycles. The van der Waals surface area contributed by atoms with Gasteiger partial charge in [-0.3, -0.25) is 4.98 Å². The van der Waals surface area contributed by atoms with Crippen LogP contribution in [-0.2, 0) is 6.18 Å². The molecule has 2 heterocycles. The van der Waals surface area contributed by atoms with Gasteiger partial charge in [0.25, 0.3) is 0 Å². The van der Waals surface area contributed by atoms with Gasteiger partial charge in [-0.1, -0.05) is 23.3 Å². The lowest BCUT2D eigenvalue weighted by molar-refractivity contribution is -0.137. The molecular weight excluding hydrogens is 433 g/mol. The summed E-state index contributed by atoms with van der Waals surface area (Å²) in [7, 11) is 0. The first-order valence-corrected chi connectivity index (χ1v) is 9.85. The monoisotopic (exact) mass is 448 g/mol. The SMILES string of the molecule is FC(F)(F)c1cccc(Nc2nnc(-c3ccc(Oc4ccnc5ccccc45)cc3)o2)c1. The van der Waals surface area contributed by atoms with E-state index in [9.17, 15) is 13.2 Å². The number of ether oxygens (including phenoxy) is 1. The van der Waals surface area contributed by atoms with Crippen LogP contribution in [0.4, 0.5) is 24.9 Å². The number of alkyl halides is 3. The van der Waals surface area contributed by atoms with E-state index in [0.717, 1.165) is 23.0 Å². The molecule has 0 fully saturated rings. The lowest BCUT2D eigenvalue weighted by atomic mass is 10.2. The number of hydrogen-bond acceptors (Lipinski definition) is 6. The van der Waals surface area contributed by atoms with Crippen LogP contribution in [0.25, 0.3) is 22.4 Å². The number of rotatable bonds is 5. The normalized spacial score (nSPS) is 11.5. The quantitative estimate of drug-likeness (QED) is 0.317. The summed E-state index contributed by atoms with van der Waals surface area (Å²) >= 11 is 0. The van der Waals surface area contributed by atoms with Gasteiger partial charge in [0.15, 0.2) is 0 Å². The number of nitrogens with zero attached hydrogens (tertiary/aromatic N) is 3. The van der Waals surface area contributed by atoms with Crippen molar-refractivity contribution in [2.24, 2.45) is 0 Å². The number of nitrogens with one attached hydrogen (secondary N) is 1. The highest BCUT2D eigenvalue weighted by molar-refractivity contribution is 5.84. The first kappa shape index (κ1) is 20.5. The molecule has 164 valence electrons. The average molecular weight is 448 g/mol. The van der Waals surface area contributed by atoms with Crippen molar-refractivity contribution in [1.29, 1.82) is 0 Å². The molecule has 5 aromatic rings. The Labute approximate surface area is 185 Å². The maximum atomic E-state index is 12.9. The van der Waals surface area contributed by atoms with Gasteiger partial charge < -0.3 is 14.5 Å². The number of pyridine rings is 1. The maximum Gasteiger partial charge on any atom is 0.416 e. The topological polar surface area (TPSA) is 73.1 Å². The highest BCUT2D eigenvalue weighted by Gasteiger charge is 2.30. The fourth-order valence-corrected chi connectivity index (χ4v) is 3.24. The summed E-state index contributed by atoms with van der Waals surface area (Å²) in [6.07, 6.45) is -2.76. The van der Waals surface area contributed by atoms with Gasteiger partial charge in [-0.2, -0.15) is 13.2 Å². The zero-order valence-electron chi connectivity index (χ0n) is 16.9.